The molecule has 2 fully saturated rings. The molecule has 2 aromatic rings. The van der Waals surface area contributed by atoms with Crippen molar-refractivity contribution in [1.29, 1.82) is 0 Å². The Balaban J connectivity index is 0.00000136. The number of thiophene rings is 1. The quantitative estimate of drug-likeness (QED) is 0.677. The first-order chi connectivity index (χ1) is 14.1. The van der Waals surface area contributed by atoms with Crippen LogP contribution >= 0.6 is 36.2 Å². The second-order valence-corrected chi connectivity index (χ2v) is 9.45. The van der Waals surface area contributed by atoms with Crippen LogP contribution in [0.3, 0.4) is 0 Å². The van der Waals surface area contributed by atoms with Gasteiger partial charge in [-0.25, -0.2) is 4.98 Å². The van der Waals surface area contributed by atoms with E-state index in [9.17, 15) is 4.79 Å². The number of carbonyl (C=O) groups excluding carboxylic acids is 1. The van der Waals surface area contributed by atoms with Crippen molar-refractivity contribution in [3.63, 3.8) is 0 Å². The molecule has 6 nitrogen and oxygen atoms in total. The molecule has 9 heteroatoms. The highest BCUT2D eigenvalue weighted by Gasteiger charge is 2.43. The van der Waals surface area contributed by atoms with Gasteiger partial charge in [0.1, 0.15) is 5.82 Å². The van der Waals surface area contributed by atoms with Gasteiger partial charge in [0.25, 0.3) is 0 Å². The van der Waals surface area contributed by atoms with E-state index >= 15 is 0 Å². The fourth-order valence-electron chi connectivity index (χ4n) is 4.92. The fraction of sp³-hybridized carbons (Fsp3) is 0.545. The number of likely N-dealkylation sites (tertiary alicyclic amines) is 1. The van der Waals surface area contributed by atoms with Crippen molar-refractivity contribution in [1.82, 2.24) is 15.2 Å². The highest BCUT2D eigenvalue weighted by Crippen LogP contribution is 2.46. The second kappa shape index (κ2) is 10.0. The van der Waals surface area contributed by atoms with Crippen LogP contribution in [0.15, 0.2) is 24.3 Å². The molecule has 0 bridgehead atoms. The number of piperidine rings is 2. The van der Waals surface area contributed by atoms with E-state index in [-0.39, 0.29) is 42.4 Å². The number of nitrogens with two attached hydrogens (primary N) is 1. The van der Waals surface area contributed by atoms with Gasteiger partial charge in [0.2, 0.25) is 5.91 Å². The molecule has 0 unspecified atom stereocenters. The van der Waals surface area contributed by atoms with Crippen molar-refractivity contribution in [2.75, 3.05) is 32.0 Å². The maximum absolute atomic E-state index is 12.9. The molecule has 1 atom stereocenters. The van der Waals surface area contributed by atoms with E-state index in [1.807, 2.05) is 23.1 Å². The highest BCUT2D eigenvalue weighted by molar-refractivity contribution is 7.15. The smallest absolute Gasteiger partial charge is 0.239 e. The Kier molecular flexibility index (Phi) is 7.86. The van der Waals surface area contributed by atoms with Crippen LogP contribution in [-0.2, 0) is 21.6 Å². The van der Waals surface area contributed by atoms with Crippen LogP contribution in [0.5, 0.6) is 0 Å². The zero-order valence-electron chi connectivity index (χ0n) is 17.5. The van der Waals surface area contributed by atoms with Gasteiger partial charge in [-0.2, -0.15) is 0 Å². The minimum Gasteiger partial charge on any atom is -0.384 e. The maximum Gasteiger partial charge on any atom is 0.239 e. The summed E-state index contributed by atoms with van der Waals surface area (Å²) in [7, 11) is 0. The van der Waals surface area contributed by atoms with Crippen molar-refractivity contribution in [3.8, 4) is 10.6 Å². The highest BCUT2D eigenvalue weighted by atomic mass is 35.5. The molecule has 0 aliphatic carbocycles. The van der Waals surface area contributed by atoms with Crippen molar-refractivity contribution in [2.24, 2.45) is 0 Å². The van der Waals surface area contributed by atoms with Gasteiger partial charge in [0.15, 0.2) is 0 Å². The molecule has 5 heterocycles. The Hall–Kier alpha value is -1.38. The molecule has 3 aliphatic rings. The summed E-state index contributed by atoms with van der Waals surface area (Å²) in [5.41, 5.74) is 7.85. The van der Waals surface area contributed by atoms with Crippen molar-refractivity contribution in [2.45, 2.75) is 50.2 Å². The number of carbonyl (C=O) groups is 1. The van der Waals surface area contributed by atoms with Crippen LogP contribution in [0.1, 0.15) is 42.5 Å². The lowest BCUT2D eigenvalue weighted by Gasteiger charge is -2.44. The first-order valence-electron chi connectivity index (χ1n) is 10.7. The Morgan fingerprint density at radius 1 is 1.26 bits per heavy atom. The number of nitrogens with zero attached hydrogens (tertiary/aromatic N) is 2. The number of halogens is 2. The van der Waals surface area contributed by atoms with Crippen LogP contribution < -0.4 is 11.1 Å². The molecule has 5 rings (SSSR count). The largest absolute Gasteiger partial charge is 0.384 e. The molecule has 3 aliphatic heterocycles. The van der Waals surface area contributed by atoms with E-state index in [0.29, 0.717) is 5.82 Å². The summed E-state index contributed by atoms with van der Waals surface area (Å²) in [6.45, 7) is 3.22. The summed E-state index contributed by atoms with van der Waals surface area (Å²) >= 11 is 1.81. The van der Waals surface area contributed by atoms with Gasteiger partial charge in [-0.15, -0.1) is 36.2 Å². The topological polar surface area (TPSA) is 80.5 Å². The van der Waals surface area contributed by atoms with Gasteiger partial charge < -0.3 is 20.7 Å². The number of nitrogen functional groups attached to an aromatic ring is 1. The lowest BCUT2D eigenvalue weighted by molar-refractivity contribution is -0.143. The number of amides is 1. The predicted octanol–water partition coefficient (Wildman–Crippen LogP) is 3.77. The first-order valence-corrected chi connectivity index (χ1v) is 11.5. The molecule has 0 radical (unpaired) electrons. The first kappa shape index (κ1) is 24.3. The van der Waals surface area contributed by atoms with E-state index < -0.39 is 0 Å². The van der Waals surface area contributed by atoms with Crippen molar-refractivity contribution in [3.05, 3.63) is 34.7 Å². The number of fused-ring (bicyclic) bond motifs is 2. The Morgan fingerprint density at radius 2 is 2.06 bits per heavy atom. The number of aromatic nitrogens is 1. The number of rotatable bonds is 2. The molecule has 1 amide bonds. The number of hydrogen-bond acceptors (Lipinski definition) is 6. The molecular weight excluding hydrogens is 455 g/mol. The van der Waals surface area contributed by atoms with Crippen LogP contribution in [-0.4, -0.2) is 48.1 Å². The lowest BCUT2D eigenvalue weighted by atomic mass is 9.82. The van der Waals surface area contributed by atoms with Crippen LogP contribution in [0, 0.1) is 0 Å². The van der Waals surface area contributed by atoms with Gasteiger partial charge >= 0.3 is 0 Å². The molecule has 3 N–H and O–H groups in total. The summed E-state index contributed by atoms with van der Waals surface area (Å²) < 4.78 is 6.39. The molecule has 2 saturated heterocycles. The summed E-state index contributed by atoms with van der Waals surface area (Å²) in [6.07, 6.45) is 5.94. The normalized spacial score (nSPS) is 22.2. The number of ether oxygens (including phenoxy) is 1. The van der Waals surface area contributed by atoms with Crippen molar-refractivity contribution < 1.29 is 9.53 Å². The molecular formula is C22H30Cl2N4O2S. The zero-order chi connectivity index (χ0) is 19.8. The van der Waals surface area contributed by atoms with Crippen LogP contribution in [0.2, 0.25) is 0 Å². The molecule has 2 aromatic heterocycles. The average Bonchev–Trinajstić information content (AvgIpc) is 3.21. The lowest BCUT2D eigenvalue weighted by Crippen LogP contribution is -2.53. The molecule has 0 aromatic carbocycles. The molecule has 31 heavy (non-hydrogen) atoms. The van der Waals surface area contributed by atoms with Gasteiger partial charge in [0.05, 0.1) is 28.8 Å². The number of pyridine rings is 1. The number of hydrogen-bond donors (Lipinski definition) is 2. The zero-order valence-corrected chi connectivity index (χ0v) is 19.9. The maximum atomic E-state index is 12.9. The molecule has 170 valence electrons. The Morgan fingerprint density at radius 3 is 2.77 bits per heavy atom. The van der Waals surface area contributed by atoms with E-state index in [1.54, 1.807) is 11.3 Å². The third-order valence-electron chi connectivity index (χ3n) is 6.52. The number of nitrogens with one attached hydrogen (secondary N) is 1. The van der Waals surface area contributed by atoms with Crippen LogP contribution in [0.4, 0.5) is 5.82 Å². The molecule has 0 saturated carbocycles. The fourth-order valence-corrected chi connectivity index (χ4v) is 6.12. The monoisotopic (exact) mass is 484 g/mol. The molecule has 1 spiro atoms. The second-order valence-electron chi connectivity index (χ2n) is 8.32. The Bertz CT molecular complexity index is 909. The summed E-state index contributed by atoms with van der Waals surface area (Å²) in [5, 5.41) is 3.39. The van der Waals surface area contributed by atoms with Gasteiger partial charge in [-0.05, 0) is 56.0 Å². The standard InChI is InChI=1S/C22H28N4O2S.2ClH/c23-20-6-3-5-16(25-20)19-14-15-18(29-19)7-13-28-22(15)8-11-26(12-9-22)21(27)17-4-1-2-10-24-17;;/h3,5-6,14,17,24H,1-2,4,7-13H2,(H2,23,25);2*1H/t17-;;/m1../s1. The third kappa shape index (κ3) is 4.71. The summed E-state index contributed by atoms with van der Waals surface area (Å²) in [4.78, 5) is 22.0. The van der Waals surface area contributed by atoms with Gasteiger partial charge in [-0.3, -0.25) is 4.79 Å². The summed E-state index contributed by atoms with van der Waals surface area (Å²) in [6, 6.07) is 8.03. The van der Waals surface area contributed by atoms with E-state index in [4.69, 9.17) is 10.5 Å². The Labute approximate surface area is 199 Å². The van der Waals surface area contributed by atoms with Gasteiger partial charge in [0, 0.05) is 24.4 Å². The van der Waals surface area contributed by atoms with Crippen LogP contribution in [0.25, 0.3) is 10.6 Å². The van der Waals surface area contributed by atoms with E-state index in [2.05, 4.69) is 16.4 Å². The minimum absolute atomic E-state index is 0. The average molecular weight is 485 g/mol. The third-order valence-corrected chi connectivity index (χ3v) is 7.74. The summed E-state index contributed by atoms with van der Waals surface area (Å²) in [5.74, 6) is 0.813. The van der Waals surface area contributed by atoms with Gasteiger partial charge in [-0.1, -0.05) is 12.5 Å². The predicted molar refractivity (Wildman–Crippen MR) is 129 cm³/mol. The van der Waals surface area contributed by atoms with E-state index in [1.165, 1.54) is 16.9 Å². The van der Waals surface area contributed by atoms with Crippen molar-refractivity contribution >= 4 is 47.9 Å². The SMILES string of the molecule is Cl.Cl.Nc1cccc(-c2cc3c(s2)CCOC32CCN(C(=O)[C@H]3CCCCN3)CC2)n1. The van der Waals surface area contributed by atoms with E-state index in [0.717, 1.165) is 68.9 Å². The number of anilines is 1. The minimum atomic E-state index is -0.264.